The highest BCUT2D eigenvalue weighted by molar-refractivity contribution is 6.32. The summed E-state index contributed by atoms with van der Waals surface area (Å²) in [6, 6.07) is 5.17. The number of allylic oxidation sites excluding steroid dienone is 2. The van der Waals surface area contributed by atoms with E-state index in [0.717, 1.165) is 22.3 Å². The van der Waals surface area contributed by atoms with Crippen molar-refractivity contribution in [3.63, 3.8) is 0 Å². The lowest BCUT2D eigenvalue weighted by atomic mass is 9.93. The average molecular weight is 577 g/mol. The number of nitrogen functional groups attached to an aromatic ring is 1. The molecular formula is C31H37ClN6O3. The summed E-state index contributed by atoms with van der Waals surface area (Å²) in [4.78, 5) is 29.0. The molecule has 216 valence electrons. The molecule has 0 bridgehead atoms. The van der Waals surface area contributed by atoms with E-state index in [2.05, 4.69) is 26.8 Å². The number of hydrogen-bond donors (Lipinski definition) is 2. The number of carbonyl (C=O) groups is 1. The predicted molar refractivity (Wildman–Crippen MR) is 165 cm³/mol. The molecule has 1 unspecified atom stereocenters. The van der Waals surface area contributed by atoms with Crippen LogP contribution in [0.5, 0.6) is 5.75 Å². The summed E-state index contributed by atoms with van der Waals surface area (Å²) >= 11 is 6.81. The van der Waals surface area contributed by atoms with Crippen LogP contribution in [0, 0.1) is 18.8 Å². The lowest BCUT2D eigenvalue weighted by Crippen LogP contribution is -2.25. The Kier molecular flexibility index (Phi) is 10.3. The van der Waals surface area contributed by atoms with Crippen LogP contribution in [0.1, 0.15) is 60.9 Å². The predicted octanol–water partition coefficient (Wildman–Crippen LogP) is 5.17. The molecule has 0 spiro atoms. The molecule has 1 amide bonds. The smallest absolute Gasteiger partial charge is 0.271 e. The Morgan fingerprint density at radius 1 is 1.22 bits per heavy atom. The van der Waals surface area contributed by atoms with Gasteiger partial charge in [0.15, 0.2) is 0 Å². The summed E-state index contributed by atoms with van der Waals surface area (Å²) in [7, 11) is 5.27. The van der Waals surface area contributed by atoms with Gasteiger partial charge in [-0.25, -0.2) is 9.97 Å². The summed E-state index contributed by atoms with van der Waals surface area (Å²) in [5.41, 5.74) is 11.1. The summed E-state index contributed by atoms with van der Waals surface area (Å²) in [5.74, 6) is 7.07. The maximum Gasteiger partial charge on any atom is 0.271 e. The molecule has 0 aliphatic rings. The standard InChI is InChI=1S/C31H37ClN6O3/c1-9-21(12-11-18(3)39)27-29(33)35-17-36-30(27)38(8)20(5)23-15-24(32)19(4)26(28(23)41-10-2)22-13-14-25(34-16-22)31(40)37(6)7/h9,13-18,20,39H,10H2,1-8H3,(H2,33,35,36)/t18-,20?/m1/s1. The molecule has 3 N–H and O–H groups in total. The zero-order valence-corrected chi connectivity index (χ0v) is 25.5. The number of nitrogens with two attached hydrogens (primary N) is 1. The van der Waals surface area contributed by atoms with E-state index < -0.39 is 6.10 Å². The normalized spacial score (nSPS) is 12.7. The summed E-state index contributed by atoms with van der Waals surface area (Å²) in [6.45, 7) is 9.73. The van der Waals surface area contributed by atoms with Crippen molar-refractivity contribution >= 4 is 34.7 Å². The molecule has 0 aliphatic heterocycles. The van der Waals surface area contributed by atoms with Crippen LogP contribution >= 0.6 is 11.6 Å². The number of aliphatic hydroxyl groups is 1. The van der Waals surface area contributed by atoms with Gasteiger partial charge in [-0.15, -0.1) is 0 Å². The third kappa shape index (κ3) is 6.79. The second kappa shape index (κ2) is 13.5. The number of rotatable bonds is 8. The fourth-order valence-corrected chi connectivity index (χ4v) is 4.58. The van der Waals surface area contributed by atoms with E-state index in [-0.39, 0.29) is 17.8 Å². The van der Waals surface area contributed by atoms with Crippen LogP contribution in [0.3, 0.4) is 0 Å². The van der Waals surface area contributed by atoms with Gasteiger partial charge in [-0.1, -0.05) is 35.6 Å². The van der Waals surface area contributed by atoms with Crippen molar-refractivity contribution in [2.75, 3.05) is 38.4 Å². The van der Waals surface area contributed by atoms with Gasteiger partial charge in [0, 0.05) is 54.6 Å². The Labute approximate surface area is 247 Å². The van der Waals surface area contributed by atoms with Crippen LogP contribution in [0.2, 0.25) is 5.02 Å². The largest absolute Gasteiger partial charge is 0.493 e. The first kappa shape index (κ1) is 31.4. The molecule has 3 aromatic rings. The number of nitrogens with zero attached hydrogens (tertiary/aromatic N) is 5. The summed E-state index contributed by atoms with van der Waals surface area (Å²) < 4.78 is 6.26. The van der Waals surface area contributed by atoms with E-state index in [9.17, 15) is 9.90 Å². The quantitative estimate of drug-likeness (QED) is 0.353. The number of pyridine rings is 1. The molecule has 1 aromatic carbocycles. The van der Waals surface area contributed by atoms with Crippen molar-refractivity contribution in [2.24, 2.45) is 0 Å². The van der Waals surface area contributed by atoms with Crippen molar-refractivity contribution in [3.8, 4) is 28.7 Å². The van der Waals surface area contributed by atoms with E-state index in [1.165, 1.54) is 11.2 Å². The molecule has 0 radical (unpaired) electrons. The average Bonchev–Trinajstić information content (AvgIpc) is 2.94. The number of halogens is 1. The molecule has 41 heavy (non-hydrogen) atoms. The maximum atomic E-state index is 12.4. The molecule has 2 aromatic heterocycles. The van der Waals surface area contributed by atoms with Crippen molar-refractivity contribution < 1.29 is 14.6 Å². The van der Waals surface area contributed by atoms with Gasteiger partial charge in [0.05, 0.1) is 18.2 Å². The van der Waals surface area contributed by atoms with E-state index in [1.54, 1.807) is 33.3 Å². The first-order valence-electron chi connectivity index (χ1n) is 13.3. The lowest BCUT2D eigenvalue weighted by Gasteiger charge is -2.31. The van der Waals surface area contributed by atoms with Gasteiger partial charge in [-0.05, 0) is 52.3 Å². The molecule has 0 aliphatic carbocycles. The Hall–Kier alpha value is -4.13. The van der Waals surface area contributed by atoms with Crippen molar-refractivity contribution in [1.82, 2.24) is 19.9 Å². The number of hydrogen-bond acceptors (Lipinski definition) is 8. The van der Waals surface area contributed by atoms with E-state index >= 15 is 0 Å². The second-order valence-corrected chi connectivity index (χ2v) is 10.1. The first-order valence-corrected chi connectivity index (χ1v) is 13.6. The summed E-state index contributed by atoms with van der Waals surface area (Å²) in [6.07, 6.45) is 4.09. The zero-order valence-electron chi connectivity index (χ0n) is 24.8. The van der Waals surface area contributed by atoms with Gasteiger partial charge < -0.3 is 25.4 Å². The SMILES string of the molecule is CC=C(C#C[C@@H](C)O)c1c(N)ncnc1N(C)C(C)c1cc(Cl)c(C)c(-c2ccc(C(=O)N(C)C)nc2)c1OCC. The first-order chi connectivity index (χ1) is 19.4. The Balaban J connectivity index is 2.18. The monoisotopic (exact) mass is 576 g/mol. The van der Waals surface area contributed by atoms with Crippen LogP contribution < -0.4 is 15.4 Å². The second-order valence-electron chi connectivity index (χ2n) is 9.73. The molecular weight excluding hydrogens is 540 g/mol. The number of anilines is 2. The lowest BCUT2D eigenvalue weighted by molar-refractivity contribution is 0.0822. The molecule has 10 heteroatoms. The third-order valence-electron chi connectivity index (χ3n) is 6.67. The number of aromatic nitrogens is 3. The zero-order chi connectivity index (χ0) is 30.4. The van der Waals surface area contributed by atoms with Crippen LogP contribution in [0.15, 0.2) is 36.8 Å². The third-order valence-corrected chi connectivity index (χ3v) is 7.06. The van der Waals surface area contributed by atoms with Gasteiger partial charge in [0.1, 0.15) is 35.5 Å². The van der Waals surface area contributed by atoms with E-state index in [4.69, 9.17) is 22.1 Å². The minimum Gasteiger partial charge on any atom is -0.493 e. The Bertz CT molecular complexity index is 1510. The van der Waals surface area contributed by atoms with Gasteiger partial charge in [-0.3, -0.25) is 9.78 Å². The number of carbonyl (C=O) groups excluding carboxylic acids is 1. The van der Waals surface area contributed by atoms with Crippen molar-refractivity contribution in [1.29, 1.82) is 0 Å². The Morgan fingerprint density at radius 3 is 2.49 bits per heavy atom. The van der Waals surface area contributed by atoms with Gasteiger partial charge in [-0.2, -0.15) is 0 Å². The van der Waals surface area contributed by atoms with Gasteiger partial charge in [0.2, 0.25) is 0 Å². The van der Waals surface area contributed by atoms with E-state index in [1.807, 2.05) is 57.9 Å². The fraction of sp³-hybridized carbons (Fsp3) is 0.355. The topological polar surface area (TPSA) is 118 Å². The van der Waals surface area contributed by atoms with Crippen LogP contribution in [-0.4, -0.2) is 64.7 Å². The highest BCUT2D eigenvalue weighted by Crippen LogP contribution is 2.44. The molecule has 0 saturated carbocycles. The summed E-state index contributed by atoms with van der Waals surface area (Å²) in [5, 5.41) is 10.3. The Morgan fingerprint density at radius 2 is 1.93 bits per heavy atom. The number of aliphatic hydroxyl groups excluding tert-OH is 1. The van der Waals surface area contributed by atoms with Gasteiger partial charge in [0.25, 0.3) is 5.91 Å². The number of amides is 1. The molecule has 0 fully saturated rings. The van der Waals surface area contributed by atoms with Crippen molar-refractivity contribution in [3.05, 3.63) is 64.2 Å². The minimum atomic E-state index is -0.803. The van der Waals surface area contributed by atoms with E-state index in [0.29, 0.717) is 40.0 Å². The minimum absolute atomic E-state index is 0.182. The molecule has 3 rings (SSSR count). The van der Waals surface area contributed by atoms with Crippen molar-refractivity contribution in [2.45, 2.75) is 46.8 Å². The molecule has 2 atom stereocenters. The number of ether oxygens (including phenoxy) is 1. The van der Waals surface area contributed by atoms with Crippen LogP contribution in [0.25, 0.3) is 16.7 Å². The molecule has 9 nitrogen and oxygen atoms in total. The highest BCUT2D eigenvalue weighted by atomic mass is 35.5. The fourth-order valence-electron chi connectivity index (χ4n) is 4.37. The molecule has 0 saturated heterocycles. The van der Waals surface area contributed by atoms with Crippen LogP contribution in [0.4, 0.5) is 11.6 Å². The molecule has 2 heterocycles. The highest BCUT2D eigenvalue weighted by Gasteiger charge is 2.27. The van der Waals surface area contributed by atoms with Crippen LogP contribution in [-0.2, 0) is 0 Å². The van der Waals surface area contributed by atoms with Gasteiger partial charge >= 0.3 is 0 Å². The number of benzene rings is 1. The maximum absolute atomic E-state index is 12.4.